The number of alkyl halides is 6. The molecule has 222 valence electrons. The largest absolute Gasteiger partial charge is 0.417 e. The monoisotopic (exact) mass is 630 g/mol. The van der Waals surface area contributed by atoms with Gasteiger partial charge in [0.25, 0.3) is 0 Å². The lowest BCUT2D eigenvalue weighted by atomic mass is 9.93. The maximum atomic E-state index is 14.1. The number of aryl methyl sites for hydroxylation is 2. The maximum absolute atomic E-state index is 14.1. The second-order valence-corrected chi connectivity index (χ2v) is 10.5. The van der Waals surface area contributed by atoms with Crippen LogP contribution in [-0.2, 0) is 36.0 Å². The predicted octanol–water partition coefficient (Wildman–Crippen LogP) is 5.11. The smallest absolute Gasteiger partial charge is 0.325 e. The van der Waals surface area contributed by atoms with Gasteiger partial charge in [0.15, 0.2) is 10.3 Å². The molecule has 0 atom stereocenters. The molecule has 18 heteroatoms. The molecule has 2 N–H and O–H groups in total. The van der Waals surface area contributed by atoms with E-state index in [1.54, 1.807) is 23.2 Å². The summed E-state index contributed by atoms with van der Waals surface area (Å²) in [5.41, 5.74) is -4.79. The number of hydrogen-bond acceptors (Lipinski definition) is 8. The second-order valence-electron chi connectivity index (χ2n) is 8.64. The third-order valence-corrected chi connectivity index (χ3v) is 7.58. The van der Waals surface area contributed by atoms with Crippen molar-refractivity contribution in [2.75, 3.05) is 22.1 Å². The number of benzene rings is 2. The van der Waals surface area contributed by atoms with Crippen molar-refractivity contribution in [1.82, 2.24) is 29.5 Å². The van der Waals surface area contributed by atoms with Gasteiger partial charge in [-0.3, -0.25) is 9.59 Å². The molecule has 0 bridgehead atoms. The molecule has 0 spiro atoms. The number of carbonyl (C=O) groups is 2. The van der Waals surface area contributed by atoms with Crippen LogP contribution in [0, 0.1) is 0 Å². The van der Waals surface area contributed by atoms with Crippen LogP contribution < -0.4 is 10.6 Å². The fourth-order valence-electron chi connectivity index (χ4n) is 3.64. The van der Waals surface area contributed by atoms with Crippen LogP contribution in [0.15, 0.2) is 59.4 Å². The highest BCUT2D eigenvalue weighted by molar-refractivity contribution is 8.00. The summed E-state index contributed by atoms with van der Waals surface area (Å²) in [4.78, 5) is 24.6. The van der Waals surface area contributed by atoms with Crippen molar-refractivity contribution in [3.05, 3.63) is 60.2 Å². The third kappa shape index (κ3) is 7.61. The molecule has 0 fully saturated rings. The van der Waals surface area contributed by atoms with Crippen molar-refractivity contribution in [3.8, 4) is 11.1 Å². The Kier molecular flexibility index (Phi) is 9.15. The minimum Gasteiger partial charge on any atom is -0.325 e. The number of aromatic nitrogens is 6. The number of carbonyl (C=O) groups excluding carboxylic acids is 2. The van der Waals surface area contributed by atoms with Gasteiger partial charge in [0.05, 0.1) is 22.6 Å². The van der Waals surface area contributed by atoms with E-state index >= 15 is 0 Å². The normalized spacial score (nSPS) is 11.9. The first-order chi connectivity index (χ1) is 19.7. The van der Waals surface area contributed by atoms with Crippen LogP contribution in [0.25, 0.3) is 11.1 Å². The molecule has 0 aliphatic rings. The highest BCUT2D eigenvalue weighted by Gasteiger charge is 2.39. The Morgan fingerprint density at radius 3 is 1.40 bits per heavy atom. The number of rotatable bonds is 9. The fourth-order valence-corrected chi connectivity index (χ4v) is 5.02. The van der Waals surface area contributed by atoms with Crippen LogP contribution in [0.5, 0.6) is 0 Å². The van der Waals surface area contributed by atoms with Crippen LogP contribution in [0.4, 0.5) is 37.7 Å². The summed E-state index contributed by atoms with van der Waals surface area (Å²) in [6, 6.07) is 5.01. The zero-order chi connectivity index (χ0) is 30.7. The summed E-state index contributed by atoms with van der Waals surface area (Å²) in [5.74, 6) is -1.70. The molecule has 2 aromatic heterocycles. The Morgan fingerprint density at radius 2 is 1.10 bits per heavy atom. The molecule has 2 amide bonds. The number of anilines is 2. The van der Waals surface area contributed by atoms with E-state index in [-0.39, 0.29) is 22.9 Å². The molecule has 0 radical (unpaired) electrons. The lowest BCUT2D eigenvalue weighted by Gasteiger charge is -2.20. The van der Waals surface area contributed by atoms with Gasteiger partial charge in [0.1, 0.15) is 12.7 Å². The third-order valence-electron chi connectivity index (χ3n) is 5.51. The first-order valence-electron chi connectivity index (χ1n) is 11.7. The van der Waals surface area contributed by atoms with E-state index in [2.05, 4.69) is 31.0 Å². The van der Waals surface area contributed by atoms with E-state index in [9.17, 15) is 35.9 Å². The first-order valence-corrected chi connectivity index (χ1v) is 13.7. The van der Waals surface area contributed by atoms with E-state index in [1.165, 1.54) is 12.7 Å². The number of nitrogens with one attached hydrogen (secondary N) is 2. The zero-order valence-corrected chi connectivity index (χ0v) is 23.3. The number of halogens is 6. The van der Waals surface area contributed by atoms with Crippen molar-refractivity contribution in [2.24, 2.45) is 14.1 Å². The number of amides is 2. The Morgan fingerprint density at radius 1 is 0.714 bits per heavy atom. The van der Waals surface area contributed by atoms with Crippen molar-refractivity contribution < 1.29 is 35.9 Å². The molecule has 4 rings (SSSR count). The topological polar surface area (TPSA) is 120 Å². The van der Waals surface area contributed by atoms with E-state index < -0.39 is 46.4 Å². The average Bonchev–Trinajstić information content (AvgIpc) is 3.52. The SMILES string of the molecule is Cn1cnnc1SCC(=O)Nc1ccc(-c2ccc(NC(=O)CSc3nncn3C)cc2C(F)(F)F)c(C(F)(F)F)c1. The second kappa shape index (κ2) is 12.4. The van der Waals surface area contributed by atoms with Crippen LogP contribution in [0.2, 0.25) is 0 Å². The quantitative estimate of drug-likeness (QED) is 0.194. The van der Waals surface area contributed by atoms with Gasteiger partial charge in [-0.2, -0.15) is 26.3 Å². The van der Waals surface area contributed by atoms with Crippen molar-refractivity contribution in [3.63, 3.8) is 0 Å². The number of thioether (sulfide) groups is 2. The van der Waals surface area contributed by atoms with Crippen LogP contribution in [-0.4, -0.2) is 52.8 Å². The summed E-state index contributed by atoms with van der Waals surface area (Å²) in [5, 5.41) is 20.3. The Labute approximate surface area is 242 Å². The van der Waals surface area contributed by atoms with Crippen LogP contribution in [0.3, 0.4) is 0 Å². The lowest BCUT2D eigenvalue weighted by Crippen LogP contribution is -2.17. The van der Waals surface area contributed by atoms with Gasteiger partial charge in [-0.25, -0.2) is 0 Å². The summed E-state index contributed by atoms with van der Waals surface area (Å²) in [7, 11) is 3.29. The van der Waals surface area contributed by atoms with E-state index in [0.717, 1.165) is 47.8 Å². The van der Waals surface area contributed by atoms with Gasteiger partial charge in [-0.15, -0.1) is 20.4 Å². The molecule has 0 unspecified atom stereocenters. The van der Waals surface area contributed by atoms with Crippen molar-refractivity contribution in [2.45, 2.75) is 22.7 Å². The minimum absolute atomic E-state index is 0.196. The lowest BCUT2D eigenvalue weighted by molar-refractivity contribution is -0.139. The minimum atomic E-state index is -5.06. The molecule has 2 aromatic carbocycles. The summed E-state index contributed by atoms with van der Waals surface area (Å²) >= 11 is 1.99. The Balaban J connectivity index is 1.57. The summed E-state index contributed by atoms with van der Waals surface area (Å²) < 4.78 is 87.4. The molecular weight excluding hydrogens is 610 g/mol. The van der Waals surface area contributed by atoms with E-state index in [4.69, 9.17) is 0 Å². The van der Waals surface area contributed by atoms with Crippen molar-refractivity contribution >= 4 is 46.7 Å². The molecule has 0 saturated carbocycles. The highest BCUT2D eigenvalue weighted by atomic mass is 32.2. The predicted molar refractivity (Wildman–Crippen MR) is 143 cm³/mol. The van der Waals surface area contributed by atoms with E-state index in [0.29, 0.717) is 22.4 Å². The standard InChI is InChI=1S/C24H20F6N8O2S2/c1-37-11-31-35-21(37)41-9-19(39)33-13-3-5-15(17(7-13)23(25,26)27)16-6-4-14(8-18(16)24(28,29)30)34-20(40)10-42-22-36-32-12-38(22)2/h3-8,11-12H,9-10H2,1-2H3,(H,33,39)(H,34,40). The highest BCUT2D eigenvalue weighted by Crippen LogP contribution is 2.44. The van der Waals surface area contributed by atoms with Crippen molar-refractivity contribution in [1.29, 1.82) is 0 Å². The fraction of sp³-hybridized carbons (Fsp3) is 0.250. The number of nitrogens with zero attached hydrogens (tertiary/aromatic N) is 6. The molecular formula is C24H20F6N8O2S2. The Hall–Kier alpha value is -4.06. The number of hydrogen-bond donors (Lipinski definition) is 2. The van der Waals surface area contributed by atoms with Crippen LogP contribution in [0.1, 0.15) is 11.1 Å². The van der Waals surface area contributed by atoms with E-state index in [1.807, 2.05) is 0 Å². The molecule has 0 aliphatic carbocycles. The average molecular weight is 631 g/mol. The van der Waals surface area contributed by atoms with Gasteiger partial charge in [-0.05, 0) is 35.4 Å². The molecule has 4 aromatic rings. The molecule has 42 heavy (non-hydrogen) atoms. The summed E-state index contributed by atoms with van der Waals surface area (Å²) in [6.07, 6.45) is -7.30. The Bertz CT molecular complexity index is 1480. The molecule has 10 nitrogen and oxygen atoms in total. The van der Waals surface area contributed by atoms with Gasteiger partial charge >= 0.3 is 12.4 Å². The van der Waals surface area contributed by atoms with Gasteiger partial charge in [0.2, 0.25) is 11.8 Å². The van der Waals surface area contributed by atoms with Gasteiger partial charge < -0.3 is 19.8 Å². The maximum Gasteiger partial charge on any atom is 0.417 e. The van der Waals surface area contributed by atoms with Gasteiger partial charge in [-0.1, -0.05) is 35.7 Å². The zero-order valence-electron chi connectivity index (χ0n) is 21.6. The molecule has 0 saturated heterocycles. The molecule has 2 heterocycles. The van der Waals surface area contributed by atoms with Gasteiger partial charge in [0, 0.05) is 25.5 Å². The van der Waals surface area contributed by atoms with Crippen LogP contribution >= 0.6 is 23.5 Å². The summed E-state index contributed by atoms with van der Waals surface area (Å²) in [6.45, 7) is 0. The molecule has 0 aliphatic heterocycles. The first kappa shape index (κ1) is 30.9.